The fraction of sp³-hybridized carbons (Fsp3) is 0.188. The van der Waals surface area contributed by atoms with Crippen molar-refractivity contribution in [2.75, 3.05) is 0 Å². The first-order valence-electron chi connectivity index (χ1n) is 24.6. The molecule has 0 saturated heterocycles. The van der Waals surface area contributed by atoms with Gasteiger partial charge in [-0.05, 0) is 155 Å². The molecule has 0 spiro atoms. The number of allylic oxidation sites excluding steroid dienone is 25. The summed E-state index contributed by atoms with van der Waals surface area (Å²) in [5.74, 6) is 0. The molecule has 0 unspecified atom stereocenters. The maximum absolute atomic E-state index is 4.77. The van der Waals surface area contributed by atoms with E-state index in [9.17, 15) is 0 Å². The first kappa shape index (κ1) is 59.7. The molecule has 0 amide bonds. The third kappa shape index (κ3) is 19.5. The lowest BCUT2D eigenvalue weighted by atomic mass is 9.85. The van der Waals surface area contributed by atoms with E-state index in [1.807, 2.05) is 59.8 Å². The first-order chi connectivity index (χ1) is 33.7. The number of benzene rings is 4. The Hall–Kier alpha value is -7.28. The van der Waals surface area contributed by atoms with Crippen LogP contribution < -0.4 is 10.4 Å². The molecule has 0 radical (unpaired) electrons. The second-order valence-corrected chi connectivity index (χ2v) is 15.3. The van der Waals surface area contributed by atoms with E-state index in [-0.39, 0.29) is 0 Å². The summed E-state index contributed by atoms with van der Waals surface area (Å²) in [6.45, 7) is 43.4. The van der Waals surface area contributed by atoms with Crippen molar-refractivity contribution in [1.82, 2.24) is 0 Å². The zero-order chi connectivity index (χ0) is 51.4. The van der Waals surface area contributed by atoms with Crippen molar-refractivity contribution in [2.24, 2.45) is 0 Å². The van der Waals surface area contributed by atoms with Crippen LogP contribution in [0, 0.1) is 0 Å². The van der Waals surface area contributed by atoms with Gasteiger partial charge < -0.3 is 0 Å². The van der Waals surface area contributed by atoms with Crippen LogP contribution in [0.3, 0.4) is 0 Å². The molecular weight excluding hydrogens is 829 g/mol. The molecule has 0 heterocycles. The highest BCUT2D eigenvalue weighted by molar-refractivity contribution is 5.97. The molecular formula is C69H82. The third-order valence-electron chi connectivity index (χ3n) is 10.5. The number of rotatable bonds is 14. The van der Waals surface area contributed by atoms with E-state index in [0.717, 1.165) is 74.2 Å². The largest absolute Gasteiger partial charge is 0.106 e. The van der Waals surface area contributed by atoms with Crippen LogP contribution in [0.25, 0.3) is 51.3 Å². The van der Waals surface area contributed by atoms with Crippen LogP contribution in [-0.4, -0.2) is 0 Å². The smallest absolute Gasteiger partial charge is 0.00266 e. The summed E-state index contributed by atoms with van der Waals surface area (Å²) in [7, 11) is 0. The minimum Gasteiger partial charge on any atom is -0.106 e. The minimum atomic E-state index is 0.843. The van der Waals surface area contributed by atoms with Crippen LogP contribution in [0.5, 0.6) is 0 Å². The normalized spacial score (nSPS) is 15.6. The molecule has 0 N–H and O–H groups in total. The van der Waals surface area contributed by atoms with E-state index >= 15 is 0 Å². The number of fused-ring (bicyclic) bond motifs is 1. The van der Waals surface area contributed by atoms with E-state index in [1.54, 1.807) is 6.08 Å². The molecule has 0 aromatic heterocycles. The number of hydrogen-bond donors (Lipinski definition) is 0. The molecule has 1 aliphatic rings. The summed E-state index contributed by atoms with van der Waals surface area (Å²) in [4.78, 5) is 0. The molecule has 0 fully saturated rings. The van der Waals surface area contributed by atoms with Gasteiger partial charge in [0.1, 0.15) is 0 Å². The maximum atomic E-state index is 4.77. The van der Waals surface area contributed by atoms with Gasteiger partial charge >= 0.3 is 0 Å². The van der Waals surface area contributed by atoms with E-state index < -0.39 is 0 Å². The van der Waals surface area contributed by atoms with Crippen molar-refractivity contribution in [3.8, 4) is 11.1 Å². The Balaban J connectivity index is 0.00000198. The molecule has 4 aromatic carbocycles. The van der Waals surface area contributed by atoms with Gasteiger partial charge in [0.25, 0.3) is 0 Å². The maximum Gasteiger partial charge on any atom is -0.00266 e. The highest BCUT2D eigenvalue weighted by Crippen LogP contribution is 2.32. The molecule has 0 atom stereocenters. The zero-order valence-corrected chi connectivity index (χ0v) is 44.0. The van der Waals surface area contributed by atoms with Crippen molar-refractivity contribution in [3.63, 3.8) is 0 Å². The molecule has 0 bridgehead atoms. The highest BCUT2D eigenvalue weighted by Gasteiger charge is 2.16. The summed E-state index contributed by atoms with van der Waals surface area (Å²) >= 11 is 0. The Kier molecular flexibility index (Phi) is 31.0. The van der Waals surface area contributed by atoms with Gasteiger partial charge in [-0.25, -0.2) is 0 Å². The van der Waals surface area contributed by atoms with Gasteiger partial charge in [-0.3, -0.25) is 0 Å². The Morgan fingerprint density at radius 3 is 2.06 bits per heavy atom. The van der Waals surface area contributed by atoms with Gasteiger partial charge in [-0.15, -0.1) is 13.2 Å². The Labute approximate surface area is 420 Å². The van der Waals surface area contributed by atoms with Gasteiger partial charge in [-0.2, -0.15) is 0 Å². The van der Waals surface area contributed by atoms with Crippen LogP contribution in [0.4, 0.5) is 0 Å². The second kappa shape index (κ2) is 35.9. The van der Waals surface area contributed by atoms with Crippen molar-refractivity contribution in [2.45, 2.75) is 88.5 Å². The fourth-order valence-corrected chi connectivity index (χ4v) is 7.29. The van der Waals surface area contributed by atoms with Crippen molar-refractivity contribution < 1.29 is 0 Å². The van der Waals surface area contributed by atoms with Crippen LogP contribution in [0.1, 0.15) is 111 Å². The molecule has 0 heteroatoms. The molecule has 5 rings (SSSR count). The van der Waals surface area contributed by atoms with Crippen molar-refractivity contribution >= 4 is 40.1 Å². The summed E-state index contributed by atoms with van der Waals surface area (Å²) in [5.41, 5.74) is 13.2. The topological polar surface area (TPSA) is 0 Å². The first-order valence-corrected chi connectivity index (χ1v) is 24.6. The quantitative estimate of drug-likeness (QED) is 0.0873. The second-order valence-electron chi connectivity index (χ2n) is 15.3. The summed E-state index contributed by atoms with van der Waals surface area (Å²) in [6, 6.07) is 26.3. The van der Waals surface area contributed by atoms with E-state index in [2.05, 4.69) is 243 Å². The van der Waals surface area contributed by atoms with Crippen LogP contribution >= 0.6 is 0 Å². The van der Waals surface area contributed by atoms with Crippen molar-refractivity contribution in [1.29, 1.82) is 0 Å². The van der Waals surface area contributed by atoms with Crippen LogP contribution in [0.2, 0.25) is 0 Å². The van der Waals surface area contributed by atoms with Gasteiger partial charge in [0, 0.05) is 0 Å². The summed E-state index contributed by atoms with van der Waals surface area (Å²) < 4.78 is 0. The van der Waals surface area contributed by atoms with E-state index in [0.29, 0.717) is 0 Å². The van der Waals surface area contributed by atoms with Crippen molar-refractivity contribution in [3.05, 3.63) is 283 Å². The van der Waals surface area contributed by atoms with Gasteiger partial charge in [0.05, 0.1) is 0 Å². The third-order valence-corrected chi connectivity index (χ3v) is 10.5. The summed E-state index contributed by atoms with van der Waals surface area (Å²) in [5, 5.41) is 4.68. The van der Waals surface area contributed by atoms with Gasteiger partial charge in [-0.1, -0.05) is 255 Å². The molecule has 69 heavy (non-hydrogen) atoms. The fourth-order valence-electron chi connectivity index (χ4n) is 7.29. The molecule has 358 valence electrons. The SMILES string of the molecule is C=C.C=C/C=C\C.C=Cc1c(C(=C)/C(C)=C/C(=C\C)C2=C/C=C\C/C=C\C=C/C\2)c/c(=C/C=C\C)c(=Cc2cccc(-c3cccc4ccccc34)c2)c1C(/C=C\C(=C)C)=C/C=C\CC.CC.CC. The molecule has 1 aliphatic carbocycles. The Bertz CT molecular complexity index is 2760. The Morgan fingerprint density at radius 2 is 1.41 bits per heavy atom. The van der Waals surface area contributed by atoms with Gasteiger partial charge in [0.15, 0.2) is 0 Å². The predicted octanol–water partition coefficient (Wildman–Crippen LogP) is 19.7. The van der Waals surface area contributed by atoms with Crippen LogP contribution in [0.15, 0.2) is 250 Å². The molecule has 0 nitrogen and oxygen atoms in total. The van der Waals surface area contributed by atoms with E-state index in [4.69, 9.17) is 6.58 Å². The average Bonchev–Trinajstić information content (AvgIpc) is 3.39. The molecule has 0 aliphatic heterocycles. The van der Waals surface area contributed by atoms with E-state index in [1.165, 1.54) is 33.0 Å². The monoisotopic (exact) mass is 911 g/mol. The Morgan fingerprint density at radius 1 is 0.725 bits per heavy atom. The van der Waals surface area contributed by atoms with Crippen LogP contribution in [-0.2, 0) is 0 Å². The van der Waals surface area contributed by atoms with Gasteiger partial charge in [0.2, 0.25) is 0 Å². The number of hydrogen-bond acceptors (Lipinski definition) is 0. The predicted molar refractivity (Wildman–Crippen MR) is 320 cm³/mol. The summed E-state index contributed by atoms with van der Waals surface area (Å²) in [6.07, 6.45) is 49.6. The zero-order valence-electron chi connectivity index (χ0n) is 44.0. The highest BCUT2D eigenvalue weighted by atomic mass is 14.2. The lowest BCUT2D eigenvalue weighted by Crippen LogP contribution is -2.30. The lowest BCUT2D eigenvalue weighted by molar-refractivity contribution is 1.22. The molecule has 0 saturated carbocycles. The average molecular weight is 911 g/mol. The lowest BCUT2D eigenvalue weighted by Gasteiger charge is -2.19. The standard InChI is InChI=1S/C58H58.C5H8.2C2H6.C2H4/c1-9-13-20-32-50(38-37-43(5)6)58-53(12-4)56(45(8)44(7)39-47(11-3)48-29-21-18-16-15-17-19-22-30-48)42-52(28-14-10-2)57(58)41-46-27-25-34-51(40-46)55-36-26-33-49-31-23-24-35-54(49)55;1-3-5-4-2;3*1-2/h10-16,18-28,30-42H,4-5,8-9,17,29H2,1-3,6-7H3;3-5H,1H2,2H3;2*1-2H3;1-2H2/b14-10-,16-15-,20-13-,21-18-,22-19-,38-37-,44-39+,47-11+,48-30+,50-32+,52-28-,57-41?;5-4-;;;. The minimum absolute atomic E-state index is 0.843. The molecule has 4 aromatic rings.